The molecule has 0 fully saturated rings. The molecule has 0 aliphatic carbocycles. The zero-order chi connectivity index (χ0) is 10.0. The molecule has 0 saturated carbocycles. The van der Waals surface area contributed by atoms with Crippen molar-refractivity contribution < 1.29 is 17.9 Å². The highest BCUT2D eigenvalue weighted by Gasteiger charge is 2.14. The first-order valence-corrected chi connectivity index (χ1v) is 3.79. The Morgan fingerprint density at radius 3 is 2.54 bits per heavy atom. The molecule has 1 aromatic rings. The van der Waals surface area contributed by atoms with Crippen molar-refractivity contribution >= 4 is 11.6 Å². The standard InChI is InChI=1S/C8H6ClF3O/c1-4-5(9)2-3-6(10)7(4)13-8(11)12/h2-3,8H,1H3. The van der Waals surface area contributed by atoms with Crippen molar-refractivity contribution in [2.24, 2.45) is 0 Å². The first-order valence-electron chi connectivity index (χ1n) is 3.41. The molecule has 5 heteroatoms. The summed E-state index contributed by atoms with van der Waals surface area (Å²) in [4.78, 5) is 0. The SMILES string of the molecule is Cc1c(Cl)ccc(F)c1OC(F)F. The maximum absolute atomic E-state index is 12.9. The fourth-order valence-corrected chi connectivity index (χ4v) is 1.02. The van der Waals surface area contributed by atoms with E-state index < -0.39 is 18.2 Å². The topological polar surface area (TPSA) is 9.23 Å². The van der Waals surface area contributed by atoms with Crippen LogP contribution in [-0.2, 0) is 0 Å². The quantitative estimate of drug-likeness (QED) is 0.727. The van der Waals surface area contributed by atoms with Gasteiger partial charge in [-0.15, -0.1) is 0 Å². The monoisotopic (exact) mass is 210 g/mol. The summed E-state index contributed by atoms with van der Waals surface area (Å²) in [6, 6.07) is 2.26. The molecule has 1 rings (SSSR count). The third-order valence-corrected chi connectivity index (χ3v) is 1.91. The molecule has 0 aliphatic heterocycles. The number of halogens is 4. The van der Waals surface area contributed by atoms with Gasteiger partial charge in [0.2, 0.25) is 0 Å². The van der Waals surface area contributed by atoms with Crippen LogP contribution in [0.5, 0.6) is 5.75 Å². The third-order valence-electron chi connectivity index (χ3n) is 1.50. The van der Waals surface area contributed by atoms with Gasteiger partial charge in [-0.3, -0.25) is 0 Å². The van der Waals surface area contributed by atoms with Crippen LogP contribution in [0.15, 0.2) is 12.1 Å². The van der Waals surface area contributed by atoms with E-state index in [-0.39, 0.29) is 10.6 Å². The second kappa shape index (κ2) is 3.87. The molecule has 0 spiro atoms. The molecule has 0 atom stereocenters. The Labute approximate surface area is 78.1 Å². The smallest absolute Gasteiger partial charge is 0.387 e. The highest BCUT2D eigenvalue weighted by molar-refractivity contribution is 6.31. The van der Waals surface area contributed by atoms with Gasteiger partial charge in [-0.1, -0.05) is 11.6 Å². The molecule has 0 aliphatic rings. The number of hydrogen-bond acceptors (Lipinski definition) is 1. The Morgan fingerprint density at radius 2 is 2.00 bits per heavy atom. The Kier molecular flexibility index (Phi) is 3.03. The predicted octanol–water partition coefficient (Wildman–Crippen LogP) is 3.39. The average Bonchev–Trinajstić information content (AvgIpc) is 2.05. The van der Waals surface area contributed by atoms with Crippen molar-refractivity contribution in [3.8, 4) is 5.75 Å². The maximum Gasteiger partial charge on any atom is 0.387 e. The number of hydrogen-bond donors (Lipinski definition) is 0. The van der Waals surface area contributed by atoms with E-state index in [1.54, 1.807) is 0 Å². The first kappa shape index (κ1) is 10.2. The Hall–Kier alpha value is -0.900. The van der Waals surface area contributed by atoms with Gasteiger partial charge in [0.1, 0.15) is 0 Å². The minimum absolute atomic E-state index is 0.168. The molecule has 0 N–H and O–H groups in total. The molecule has 0 saturated heterocycles. The van der Waals surface area contributed by atoms with Crippen molar-refractivity contribution in [1.29, 1.82) is 0 Å². The van der Waals surface area contributed by atoms with Crippen LogP contribution in [0.2, 0.25) is 5.02 Å². The summed E-state index contributed by atoms with van der Waals surface area (Å²) in [5.74, 6) is -1.34. The molecular weight excluding hydrogens is 205 g/mol. The second-order valence-corrected chi connectivity index (χ2v) is 2.77. The zero-order valence-electron chi connectivity index (χ0n) is 6.65. The fourth-order valence-electron chi connectivity index (χ4n) is 0.868. The largest absolute Gasteiger partial charge is 0.431 e. The molecule has 0 unspecified atom stereocenters. The van der Waals surface area contributed by atoms with Gasteiger partial charge >= 0.3 is 6.61 Å². The van der Waals surface area contributed by atoms with Crippen LogP contribution in [-0.4, -0.2) is 6.61 Å². The van der Waals surface area contributed by atoms with E-state index in [1.165, 1.54) is 13.0 Å². The highest BCUT2D eigenvalue weighted by Crippen LogP contribution is 2.29. The minimum Gasteiger partial charge on any atom is -0.431 e. The van der Waals surface area contributed by atoms with Crippen LogP contribution in [0.1, 0.15) is 5.56 Å². The lowest BCUT2D eigenvalue weighted by Gasteiger charge is -2.09. The highest BCUT2D eigenvalue weighted by atomic mass is 35.5. The Bertz CT molecular complexity index is 315. The van der Waals surface area contributed by atoms with Crippen molar-refractivity contribution in [2.45, 2.75) is 13.5 Å². The minimum atomic E-state index is -3.05. The van der Waals surface area contributed by atoms with Gasteiger partial charge in [-0.05, 0) is 19.1 Å². The summed E-state index contributed by atoms with van der Waals surface area (Å²) in [5.41, 5.74) is 0.168. The van der Waals surface area contributed by atoms with Crippen molar-refractivity contribution in [2.75, 3.05) is 0 Å². The van der Waals surface area contributed by atoms with Gasteiger partial charge in [-0.2, -0.15) is 8.78 Å². The van der Waals surface area contributed by atoms with E-state index in [1.807, 2.05) is 0 Å². The van der Waals surface area contributed by atoms with Crippen LogP contribution in [0, 0.1) is 12.7 Å². The summed E-state index contributed by atoms with van der Waals surface area (Å²) in [6.45, 7) is -1.64. The van der Waals surface area contributed by atoms with E-state index in [9.17, 15) is 13.2 Å². The van der Waals surface area contributed by atoms with Gasteiger partial charge in [-0.25, -0.2) is 4.39 Å². The Balaban J connectivity index is 3.10. The van der Waals surface area contributed by atoms with Crippen LogP contribution in [0.25, 0.3) is 0 Å². The molecule has 0 radical (unpaired) electrons. The summed E-state index contributed by atoms with van der Waals surface area (Å²) >= 11 is 5.58. The van der Waals surface area contributed by atoms with Crippen LogP contribution in [0.4, 0.5) is 13.2 Å². The lowest BCUT2D eigenvalue weighted by atomic mass is 10.2. The van der Waals surface area contributed by atoms with Gasteiger partial charge < -0.3 is 4.74 Å². The van der Waals surface area contributed by atoms with E-state index >= 15 is 0 Å². The van der Waals surface area contributed by atoms with E-state index in [4.69, 9.17) is 11.6 Å². The Morgan fingerprint density at radius 1 is 1.38 bits per heavy atom. The normalized spacial score (nSPS) is 10.6. The number of benzene rings is 1. The number of alkyl halides is 2. The molecule has 0 bridgehead atoms. The van der Waals surface area contributed by atoms with E-state index in [0.717, 1.165) is 6.07 Å². The van der Waals surface area contributed by atoms with Gasteiger partial charge in [0, 0.05) is 10.6 Å². The van der Waals surface area contributed by atoms with Gasteiger partial charge in [0.25, 0.3) is 0 Å². The average molecular weight is 211 g/mol. The second-order valence-electron chi connectivity index (χ2n) is 2.36. The van der Waals surface area contributed by atoms with E-state index in [2.05, 4.69) is 4.74 Å². The summed E-state index contributed by atoms with van der Waals surface area (Å²) in [6.07, 6.45) is 0. The third kappa shape index (κ3) is 2.28. The lowest BCUT2D eigenvalue weighted by molar-refractivity contribution is -0.0526. The van der Waals surface area contributed by atoms with E-state index in [0.29, 0.717) is 0 Å². The molecule has 0 aromatic heterocycles. The summed E-state index contributed by atoms with van der Waals surface area (Å²) in [5, 5.41) is 0.192. The predicted molar refractivity (Wildman–Crippen MR) is 42.8 cm³/mol. The number of rotatable bonds is 2. The van der Waals surface area contributed by atoms with Gasteiger partial charge in [0.05, 0.1) is 0 Å². The van der Waals surface area contributed by atoms with Crippen LogP contribution < -0.4 is 4.74 Å². The van der Waals surface area contributed by atoms with Crippen LogP contribution in [0.3, 0.4) is 0 Å². The van der Waals surface area contributed by atoms with Crippen LogP contribution >= 0.6 is 11.6 Å². The molecule has 0 heterocycles. The molecule has 1 aromatic carbocycles. The van der Waals surface area contributed by atoms with Gasteiger partial charge in [0.15, 0.2) is 11.6 Å². The molecule has 0 amide bonds. The summed E-state index contributed by atoms with van der Waals surface area (Å²) < 4.78 is 40.4. The lowest BCUT2D eigenvalue weighted by Crippen LogP contribution is -2.05. The molecule has 1 nitrogen and oxygen atoms in total. The molecule has 13 heavy (non-hydrogen) atoms. The fraction of sp³-hybridized carbons (Fsp3) is 0.250. The summed E-state index contributed by atoms with van der Waals surface area (Å²) in [7, 11) is 0. The van der Waals surface area contributed by atoms with Crippen molar-refractivity contribution in [1.82, 2.24) is 0 Å². The zero-order valence-corrected chi connectivity index (χ0v) is 7.41. The first-order chi connectivity index (χ1) is 6.02. The number of ether oxygens (including phenoxy) is 1. The van der Waals surface area contributed by atoms with Crippen molar-refractivity contribution in [3.05, 3.63) is 28.5 Å². The maximum atomic E-state index is 12.9. The van der Waals surface area contributed by atoms with Crippen molar-refractivity contribution in [3.63, 3.8) is 0 Å². The molecular formula is C8H6ClF3O. The molecule has 72 valence electrons.